The summed E-state index contributed by atoms with van der Waals surface area (Å²) >= 11 is 0. The summed E-state index contributed by atoms with van der Waals surface area (Å²) in [5.74, 6) is -3.73. The van der Waals surface area contributed by atoms with Crippen molar-refractivity contribution in [2.45, 2.75) is 0 Å². The molecule has 0 bridgehead atoms. The number of H-pyrrole nitrogens is 1. The Morgan fingerprint density at radius 1 is 1.04 bits per heavy atom. The minimum atomic E-state index is -1.74. The van der Waals surface area contributed by atoms with Crippen molar-refractivity contribution in [1.29, 1.82) is 0 Å². The van der Waals surface area contributed by atoms with Gasteiger partial charge in [0.2, 0.25) is 5.95 Å². The third-order valence-electron chi connectivity index (χ3n) is 2.72. The zero-order valence-corrected chi connectivity index (χ0v) is 17.7. The van der Waals surface area contributed by atoms with Gasteiger partial charge in [-0.2, -0.15) is 0 Å². The van der Waals surface area contributed by atoms with E-state index in [1.807, 2.05) is 31.1 Å². The molecule has 0 unspecified atom stereocenters. The van der Waals surface area contributed by atoms with E-state index < -0.39 is 23.3 Å². The average Bonchev–Trinajstić information content (AvgIpc) is 2.90. The second kappa shape index (κ2) is 9.92. The van der Waals surface area contributed by atoms with Crippen LogP contribution in [0.25, 0.3) is 0 Å². The Labute approximate surface area is 181 Å². The van der Waals surface area contributed by atoms with Gasteiger partial charge < -0.3 is 29.7 Å². The standard InChI is InChI=1S/C13H13N5O4.2Na/c1-18(2)8-5-3-7(4-6-8)16-17-13-14-9(11(19)20)10(15-13)12(21)22;;/h3-6H,1-2H3,(H,14,15)(H,19,20)(H,21,22);;/q;2*+1/p-2. The molecule has 0 fully saturated rings. The molecule has 1 aromatic carbocycles. The van der Waals surface area contributed by atoms with Crippen LogP contribution in [-0.4, -0.2) is 36.0 Å². The molecule has 0 aliphatic carbocycles. The van der Waals surface area contributed by atoms with Crippen LogP contribution in [0.1, 0.15) is 21.0 Å². The van der Waals surface area contributed by atoms with E-state index >= 15 is 0 Å². The Morgan fingerprint density at radius 2 is 1.62 bits per heavy atom. The van der Waals surface area contributed by atoms with Gasteiger partial charge in [0, 0.05) is 19.8 Å². The molecule has 0 aliphatic heterocycles. The number of imidazole rings is 1. The Morgan fingerprint density at radius 3 is 2.04 bits per heavy atom. The van der Waals surface area contributed by atoms with E-state index in [0.29, 0.717) is 5.69 Å². The van der Waals surface area contributed by atoms with Crippen molar-refractivity contribution in [1.82, 2.24) is 9.97 Å². The molecule has 1 heterocycles. The van der Waals surface area contributed by atoms with E-state index in [-0.39, 0.29) is 65.1 Å². The topological polar surface area (TPSA) is 137 Å². The maximum absolute atomic E-state index is 10.8. The maximum atomic E-state index is 10.8. The Bertz CT molecular complexity index is 712. The first-order valence-corrected chi connectivity index (χ1v) is 6.10. The van der Waals surface area contributed by atoms with Gasteiger partial charge >= 0.3 is 59.1 Å². The molecule has 1 N–H and O–H groups in total. The Balaban J connectivity index is 0.00000264. The molecular formula is C13H11N5Na2O4. The first-order chi connectivity index (χ1) is 10.4. The number of carboxylic acids is 2. The number of rotatable bonds is 5. The molecule has 0 saturated carbocycles. The number of hydrogen-bond donors (Lipinski definition) is 1. The number of carbonyl (C=O) groups is 2. The molecule has 0 aliphatic rings. The number of nitrogens with one attached hydrogen (secondary N) is 1. The molecular weight excluding hydrogens is 336 g/mol. The van der Waals surface area contributed by atoms with E-state index in [0.717, 1.165) is 5.69 Å². The van der Waals surface area contributed by atoms with E-state index in [1.165, 1.54) is 0 Å². The third-order valence-corrected chi connectivity index (χ3v) is 2.72. The molecule has 114 valence electrons. The zero-order chi connectivity index (χ0) is 16.3. The van der Waals surface area contributed by atoms with Gasteiger partial charge in [-0.25, -0.2) is 4.98 Å². The average molecular weight is 347 g/mol. The second-order valence-corrected chi connectivity index (χ2v) is 4.47. The van der Waals surface area contributed by atoms with Gasteiger partial charge in [-0.05, 0) is 24.3 Å². The van der Waals surface area contributed by atoms with Gasteiger partial charge in [0.15, 0.2) is 0 Å². The van der Waals surface area contributed by atoms with E-state index in [9.17, 15) is 19.8 Å². The number of anilines is 1. The summed E-state index contributed by atoms with van der Waals surface area (Å²) in [6.45, 7) is 0. The van der Waals surface area contributed by atoms with E-state index in [1.54, 1.807) is 12.1 Å². The van der Waals surface area contributed by atoms with Crippen LogP contribution in [0.5, 0.6) is 0 Å². The third kappa shape index (κ3) is 5.69. The molecule has 0 atom stereocenters. The number of hydrogen-bond acceptors (Lipinski definition) is 8. The van der Waals surface area contributed by atoms with Crippen molar-refractivity contribution in [2.24, 2.45) is 10.2 Å². The summed E-state index contributed by atoms with van der Waals surface area (Å²) in [5.41, 5.74) is -0.0313. The van der Waals surface area contributed by atoms with E-state index in [4.69, 9.17) is 0 Å². The minimum Gasteiger partial charge on any atom is -0.543 e. The van der Waals surface area contributed by atoms with Gasteiger partial charge in [-0.3, -0.25) is 0 Å². The number of azo groups is 1. The first-order valence-electron chi connectivity index (χ1n) is 6.10. The smallest absolute Gasteiger partial charge is 0.543 e. The summed E-state index contributed by atoms with van der Waals surface area (Å²) in [6.07, 6.45) is 0. The fraction of sp³-hybridized carbons (Fsp3) is 0.154. The van der Waals surface area contributed by atoms with Crippen LogP contribution in [0.3, 0.4) is 0 Å². The fourth-order valence-electron chi connectivity index (χ4n) is 1.63. The first kappa shape index (κ1) is 22.8. The number of nitrogens with zero attached hydrogens (tertiary/aromatic N) is 4. The number of aromatic carboxylic acids is 2. The number of aromatic nitrogens is 2. The monoisotopic (exact) mass is 347 g/mol. The number of carboxylic acid groups (broad SMARTS) is 2. The normalized spacial score (nSPS) is 9.92. The van der Waals surface area contributed by atoms with Crippen LogP contribution in [0.2, 0.25) is 0 Å². The van der Waals surface area contributed by atoms with Crippen molar-refractivity contribution in [3.8, 4) is 0 Å². The van der Waals surface area contributed by atoms with Crippen LogP contribution >= 0.6 is 0 Å². The van der Waals surface area contributed by atoms with Gasteiger partial charge in [-0.15, -0.1) is 10.2 Å². The minimum absolute atomic E-state index is 0. The van der Waals surface area contributed by atoms with Gasteiger partial charge in [0.05, 0.1) is 23.3 Å². The predicted molar refractivity (Wildman–Crippen MR) is 72.2 cm³/mol. The van der Waals surface area contributed by atoms with Crippen LogP contribution in [-0.2, 0) is 0 Å². The second-order valence-electron chi connectivity index (χ2n) is 4.47. The molecule has 24 heavy (non-hydrogen) atoms. The largest absolute Gasteiger partial charge is 1.00 e. The number of benzene rings is 1. The van der Waals surface area contributed by atoms with Gasteiger partial charge in [-0.1, -0.05) is 0 Å². The van der Waals surface area contributed by atoms with Crippen LogP contribution in [0, 0.1) is 0 Å². The number of aromatic amines is 1. The van der Waals surface area contributed by atoms with Gasteiger partial charge in [0.1, 0.15) is 5.69 Å². The summed E-state index contributed by atoms with van der Waals surface area (Å²) in [4.78, 5) is 29.1. The molecule has 0 amide bonds. The maximum Gasteiger partial charge on any atom is 1.00 e. The fourth-order valence-corrected chi connectivity index (χ4v) is 1.63. The zero-order valence-electron chi connectivity index (χ0n) is 13.7. The van der Waals surface area contributed by atoms with Crippen molar-refractivity contribution >= 4 is 29.3 Å². The van der Waals surface area contributed by atoms with Crippen molar-refractivity contribution in [3.63, 3.8) is 0 Å². The summed E-state index contributed by atoms with van der Waals surface area (Å²) in [7, 11) is 3.78. The molecule has 9 nitrogen and oxygen atoms in total. The Hall–Kier alpha value is -1.23. The molecule has 0 spiro atoms. The predicted octanol–water partition coefficient (Wildman–Crippen LogP) is -6.37. The van der Waals surface area contributed by atoms with Crippen molar-refractivity contribution < 1.29 is 78.9 Å². The van der Waals surface area contributed by atoms with Gasteiger partial charge in [0.25, 0.3) is 0 Å². The molecule has 11 heteroatoms. The van der Waals surface area contributed by atoms with Crippen LogP contribution in [0.4, 0.5) is 17.3 Å². The molecule has 2 rings (SSSR count). The van der Waals surface area contributed by atoms with E-state index in [2.05, 4.69) is 20.2 Å². The summed E-state index contributed by atoms with van der Waals surface area (Å²) < 4.78 is 0. The molecule has 2 aromatic rings. The molecule has 0 radical (unpaired) electrons. The quantitative estimate of drug-likeness (QED) is 0.422. The summed E-state index contributed by atoms with van der Waals surface area (Å²) in [5, 5.41) is 29.0. The van der Waals surface area contributed by atoms with Crippen LogP contribution in [0.15, 0.2) is 34.5 Å². The SMILES string of the molecule is CN(C)c1ccc(N=Nc2nc(C(=O)[O-])c(C(=O)[O-])[nH]2)cc1.[Na+].[Na+]. The summed E-state index contributed by atoms with van der Waals surface area (Å²) in [6, 6.07) is 7.02. The van der Waals surface area contributed by atoms with Crippen molar-refractivity contribution in [3.05, 3.63) is 35.7 Å². The van der Waals surface area contributed by atoms with Crippen molar-refractivity contribution in [2.75, 3.05) is 19.0 Å². The van der Waals surface area contributed by atoms with Crippen LogP contribution < -0.4 is 74.2 Å². The molecule has 0 saturated heterocycles. The molecule has 1 aromatic heterocycles. The number of carbonyl (C=O) groups excluding carboxylic acids is 2. The Kier molecular flexibility index (Phi) is 9.41.